The van der Waals surface area contributed by atoms with Crippen molar-refractivity contribution in [3.63, 3.8) is 0 Å². The standard InChI is InChI=1S/C26H35ClN5O9P.C20H30N5O8P/c1-5-17(6-2)13-38-23(34)16(3)31-42(37,41-19-9-7-18(27)8-10-19)39-14-20-22(33)25(4,36)26(15-28,40-20)32-12-11-21(29)30-24(32)35;1-5-13(6-2)9-30-17(26)12(3)24-34(29)31-10-14-16(33-34)19(4,28)20(11-21,32-14)25-8-7-15(22)23-18(25)27/h7-12,16-17,20,22,33,36H,5-6,13-14H2,1-4H3,(H,31,37)(H2,29,30,35);7-8,12-14,16,28H,5-6,9-10H2,1-4H3,(H,24,29)(H2,22,23,27)/t16-,20+,22+,25+,26+,42?;12-,14+,16+,19+,20+,34?/m00/s1. The number of nitrogens with one attached hydrogen (secondary N) is 2. The number of aromatic nitrogens is 4. The number of carbonyl (C=O) groups excluding carboxylic acids is 2. The Balaban J connectivity index is 0.000000287. The summed E-state index contributed by atoms with van der Waals surface area (Å²) in [6, 6.07) is 9.61. The number of ether oxygens (including phenoxy) is 4. The van der Waals surface area contributed by atoms with Crippen LogP contribution >= 0.6 is 27.1 Å². The lowest BCUT2D eigenvalue weighted by Gasteiger charge is -2.38. The molecule has 3 aromatic rings. The third kappa shape index (κ3) is 13.1. The molecule has 12 atom stereocenters. The summed E-state index contributed by atoms with van der Waals surface area (Å²) >= 11 is 5.93. The first-order valence-electron chi connectivity index (χ1n) is 24.2. The number of anilines is 2. The van der Waals surface area contributed by atoms with Gasteiger partial charge >= 0.3 is 38.8 Å². The maximum absolute atomic E-state index is 13.9. The van der Waals surface area contributed by atoms with Crippen LogP contribution in [0.25, 0.3) is 0 Å². The van der Waals surface area contributed by atoms with Crippen LogP contribution in [0.2, 0.25) is 5.02 Å². The molecule has 30 heteroatoms. The Morgan fingerprint density at radius 3 is 1.83 bits per heavy atom. The van der Waals surface area contributed by atoms with Crippen molar-refractivity contribution in [3.8, 4) is 17.9 Å². The first-order valence-corrected chi connectivity index (χ1v) is 27.6. The number of esters is 2. The minimum atomic E-state index is -4.43. The second kappa shape index (κ2) is 25.0. The SMILES string of the molecule is CCC(CC)COC(=O)[C@H](C)NP(=O)(OC[C@H]1O[C@@](C#N)(n2ccc(N)nc2=O)[C@](C)(O)[C@@H]1O)Oc1ccc(Cl)cc1.CCC(CC)COC(=O)[C@H](C)NP1(=O)OC[C@H]2O[C@@](C#N)(n3ccc(N)nc3=O)[C@](C)(O)[C@@H]2O1. The monoisotopic (exact) mass is 1130 g/mol. The van der Waals surface area contributed by atoms with E-state index in [1.165, 1.54) is 57.2 Å². The molecular weight excluding hydrogens is 1060 g/mol. The number of nitriles is 2. The summed E-state index contributed by atoms with van der Waals surface area (Å²) in [5.74, 6) is -1.12. The minimum Gasteiger partial charge on any atom is -0.464 e. The smallest absolute Gasteiger partial charge is 0.459 e. The molecule has 0 aliphatic carbocycles. The van der Waals surface area contributed by atoms with E-state index in [2.05, 4.69) is 20.1 Å². The van der Waals surface area contributed by atoms with Crippen LogP contribution in [0.5, 0.6) is 5.75 Å². The van der Waals surface area contributed by atoms with Crippen molar-refractivity contribution < 1.29 is 71.1 Å². The average Bonchev–Trinajstić information content (AvgIpc) is 3.72. The van der Waals surface area contributed by atoms with Crippen molar-refractivity contribution in [2.24, 2.45) is 11.8 Å². The molecular formula is C46H65ClN10O17P2. The van der Waals surface area contributed by atoms with Crippen LogP contribution in [-0.2, 0) is 62.7 Å². The maximum Gasteiger partial charge on any atom is 0.459 e. The van der Waals surface area contributed by atoms with Gasteiger partial charge in [-0.15, -0.1) is 0 Å². The Labute approximate surface area is 442 Å². The zero-order valence-electron chi connectivity index (χ0n) is 43.1. The molecule has 0 amide bonds. The number of aliphatic hydroxyl groups excluding tert-OH is 1. The number of hydrogen-bond donors (Lipinski definition) is 7. The molecule has 2 unspecified atom stereocenters. The molecule has 76 heavy (non-hydrogen) atoms. The number of carbonyl (C=O) groups is 2. The van der Waals surface area contributed by atoms with Crippen LogP contribution in [0.15, 0.2) is 58.4 Å². The fourth-order valence-electron chi connectivity index (χ4n) is 8.23. The molecule has 5 heterocycles. The van der Waals surface area contributed by atoms with Crippen LogP contribution < -0.4 is 37.5 Å². The van der Waals surface area contributed by atoms with Gasteiger partial charge in [0.25, 0.3) is 11.4 Å². The maximum atomic E-state index is 13.9. The van der Waals surface area contributed by atoms with E-state index < -0.39 is 105 Å². The minimum absolute atomic E-state index is 0.0681. The molecule has 3 aliphatic rings. The molecule has 9 N–H and O–H groups in total. The van der Waals surface area contributed by atoms with E-state index in [1.807, 2.05) is 33.8 Å². The second-order valence-electron chi connectivity index (χ2n) is 18.6. The van der Waals surface area contributed by atoms with Crippen molar-refractivity contribution in [1.82, 2.24) is 29.3 Å². The number of rotatable bonds is 21. The van der Waals surface area contributed by atoms with Gasteiger partial charge in [-0.2, -0.15) is 25.6 Å². The molecule has 1 aromatic carbocycles. The van der Waals surface area contributed by atoms with Gasteiger partial charge < -0.3 is 50.3 Å². The van der Waals surface area contributed by atoms with E-state index in [4.69, 9.17) is 60.1 Å². The number of nitrogens with zero attached hydrogens (tertiary/aromatic N) is 6. The third-order valence-corrected chi connectivity index (χ3v) is 16.8. The molecule has 3 aliphatic heterocycles. The number of nitrogen functional groups attached to an aromatic ring is 2. The first-order chi connectivity index (χ1) is 35.6. The summed E-state index contributed by atoms with van der Waals surface area (Å²) in [7, 11) is -8.57. The summed E-state index contributed by atoms with van der Waals surface area (Å²) in [5.41, 5.74) is -0.178. The highest BCUT2D eigenvalue weighted by Crippen LogP contribution is 2.57. The molecule has 6 rings (SSSR count). The Hall–Kier alpha value is -5.35. The van der Waals surface area contributed by atoms with Gasteiger partial charge in [-0.05, 0) is 75.9 Å². The zero-order valence-corrected chi connectivity index (χ0v) is 45.6. The van der Waals surface area contributed by atoms with Crippen LogP contribution in [0, 0.1) is 34.5 Å². The zero-order chi connectivity index (χ0) is 56.6. The van der Waals surface area contributed by atoms with Gasteiger partial charge in [0.15, 0.2) is 11.2 Å². The quantitative estimate of drug-likeness (QED) is 0.0595. The van der Waals surface area contributed by atoms with E-state index in [0.29, 0.717) is 9.59 Å². The highest BCUT2D eigenvalue weighted by molar-refractivity contribution is 7.52. The molecule has 3 fully saturated rings. The molecule has 0 spiro atoms. The van der Waals surface area contributed by atoms with Crippen LogP contribution in [-0.4, -0.2) is 120 Å². The number of halogens is 1. The molecule has 0 saturated carbocycles. The fraction of sp³-hybridized carbons (Fsp3) is 0.609. The van der Waals surface area contributed by atoms with E-state index in [-0.39, 0.29) is 49.0 Å². The molecule has 27 nitrogen and oxygen atoms in total. The predicted octanol–water partition coefficient (Wildman–Crippen LogP) is 2.96. The number of nitrogens with two attached hydrogens (primary N) is 2. The lowest BCUT2D eigenvalue weighted by molar-refractivity contribution is -0.151. The van der Waals surface area contributed by atoms with E-state index in [1.54, 1.807) is 6.07 Å². The lowest BCUT2D eigenvalue weighted by Crippen LogP contribution is -2.58. The number of fused-ring (bicyclic) bond motifs is 1. The van der Waals surface area contributed by atoms with Gasteiger partial charge in [0.05, 0.1) is 26.4 Å². The first kappa shape index (κ1) is 61.5. The van der Waals surface area contributed by atoms with Gasteiger partial charge in [-0.1, -0.05) is 65.0 Å². The van der Waals surface area contributed by atoms with Gasteiger partial charge in [-0.3, -0.25) is 32.3 Å². The second-order valence-corrected chi connectivity index (χ2v) is 22.4. The van der Waals surface area contributed by atoms with Gasteiger partial charge in [0, 0.05) is 17.4 Å². The molecule has 3 saturated heterocycles. The number of aliphatic hydroxyl groups is 3. The summed E-state index contributed by atoms with van der Waals surface area (Å²) in [6.07, 6.45) is -0.176. The average molecular weight is 1130 g/mol. The number of benzene rings is 1. The topological polar surface area (TPSA) is 396 Å². The normalized spacial score (nSPS) is 29.4. The van der Waals surface area contributed by atoms with Gasteiger partial charge in [0.1, 0.15) is 66.0 Å². The largest absolute Gasteiger partial charge is 0.464 e. The Kier molecular flexibility index (Phi) is 20.2. The van der Waals surface area contributed by atoms with Crippen LogP contribution in [0.1, 0.15) is 81.1 Å². The summed E-state index contributed by atoms with van der Waals surface area (Å²) in [5, 5.41) is 58.8. The molecule has 418 valence electrons. The third-order valence-electron chi connectivity index (χ3n) is 13.2. The lowest BCUT2D eigenvalue weighted by atomic mass is 9.88. The summed E-state index contributed by atoms with van der Waals surface area (Å²) in [6.45, 7) is 12.4. The van der Waals surface area contributed by atoms with E-state index in [9.17, 15) is 54.2 Å². The van der Waals surface area contributed by atoms with Crippen molar-refractivity contribution in [1.29, 1.82) is 10.5 Å². The molecule has 0 radical (unpaired) electrons. The Morgan fingerprint density at radius 1 is 0.868 bits per heavy atom. The van der Waals surface area contributed by atoms with Gasteiger partial charge in [-0.25, -0.2) is 23.8 Å². The Bertz CT molecular complexity index is 2840. The van der Waals surface area contributed by atoms with Crippen molar-refractivity contribution in [3.05, 3.63) is 74.8 Å². The van der Waals surface area contributed by atoms with Crippen molar-refractivity contribution in [2.75, 3.05) is 37.9 Å². The van der Waals surface area contributed by atoms with Crippen molar-refractivity contribution >= 4 is 50.7 Å². The highest BCUT2D eigenvalue weighted by Gasteiger charge is 2.69. The molecule has 2 aromatic heterocycles. The van der Waals surface area contributed by atoms with Gasteiger partial charge in [0.2, 0.25) is 0 Å². The van der Waals surface area contributed by atoms with E-state index in [0.717, 1.165) is 49.6 Å². The summed E-state index contributed by atoms with van der Waals surface area (Å²) < 4.78 is 72.8. The number of hydrogen-bond acceptors (Lipinski definition) is 23. The fourth-order valence-corrected chi connectivity index (χ4v) is 11.6. The summed E-state index contributed by atoms with van der Waals surface area (Å²) in [4.78, 5) is 57.1. The Morgan fingerprint density at radius 2 is 1.36 bits per heavy atom. The van der Waals surface area contributed by atoms with Crippen LogP contribution in [0.4, 0.5) is 11.6 Å². The molecule has 0 bridgehead atoms. The highest BCUT2D eigenvalue weighted by atomic mass is 35.5. The van der Waals surface area contributed by atoms with Crippen molar-refractivity contribution in [2.45, 2.75) is 140 Å². The van der Waals surface area contributed by atoms with Crippen LogP contribution in [0.3, 0.4) is 0 Å². The predicted molar refractivity (Wildman–Crippen MR) is 269 cm³/mol. The van der Waals surface area contributed by atoms with E-state index >= 15 is 0 Å².